The summed E-state index contributed by atoms with van der Waals surface area (Å²) < 4.78 is 0. The molecule has 0 heterocycles. The van der Waals surface area contributed by atoms with Gasteiger partial charge >= 0.3 is 11.8 Å². The first-order valence-electron chi connectivity index (χ1n) is 6.35. The van der Waals surface area contributed by atoms with Gasteiger partial charge in [0.15, 0.2) is 0 Å². The Morgan fingerprint density at radius 2 is 1.86 bits per heavy atom. The first-order chi connectivity index (χ1) is 10.4. The molecule has 3 N–H and O–H groups in total. The molecule has 7 heteroatoms. The maximum absolute atomic E-state index is 11.3. The molecule has 112 valence electrons. The molecule has 2 aromatic rings. The highest BCUT2D eigenvalue weighted by molar-refractivity contribution is 6.39. The van der Waals surface area contributed by atoms with Crippen LogP contribution in [0.15, 0.2) is 42.5 Å². The molecule has 0 saturated heterocycles. The van der Waals surface area contributed by atoms with E-state index in [1.54, 1.807) is 6.07 Å². The number of hydrogen-bond acceptors (Lipinski definition) is 4. The van der Waals surface area contributed by atoms with Gasteiger partial charge in [-0.3, -0.25) is 19.7 Å². The summed E-state index contributed by atoms with van der Waals surface area (Å²) in [7, 11) is 0. The fourth-order valence-electron chi connectivity index (χ4n) is 2.04. The van der Waals surface area contributed by atoms with Gasteiger partial charge < -0.3 is 11.1 Å². The van der Waals surface area contributed by atoms with E-state index in [1.165, 1.54) is 12.1 Å². The molecule has 0 aliphatic carbocycles. The van der Waals surface area contributed by atoms with Crippen LogP contribution in [-0.2, 0) is 9.59 Å². The van der Waals surface area contributed by atoms with Gasteiger partial charge in [0.2, 0.25) is 0 Å². The quantitative estimate of drug-likeness (QED) is 0.512. The summed E-state index contributed by atoms with van der Waals surface area (Å²) in [5.41, 5.74) is 6.89. The lowest BCUT2D eigenvalue weighted by molar-refractivity contribution is -0.383. The van der Waals surface area contributed by atoms with Gasteiger partial charge in [0.05, 0.1) is 4.92 Å². The molecule has 0 spiro atoms. The van der Waals surface area contributed by atoms with Gasteiger partial charge in [-0.15, -0.1) is 0 Å². The molecular formula is C15H13N3O4. The second-order valence-corrected chi connectivity index (χ2v) is 4.62. The number of amides is 2. The van der Waals surface area contributed by atoms with Crippen molar-refractivity contribution in [3.8, 4) is 11.1 Å². The number of carbonyl (C=O) groups excluding carboxylic acids is 2. The second-order valence-electron chi connectivity index (χ2n) is 4.62. The monoisotopic (exact) mass is 299 g/mol. The number of nitrogens with zero attached hydrogens (tertiary/aromatic N) is 1. The minimum Gasteiger partial charge on any atom is -0.361 e. The Labute approximate surface area is 125 Å². The number of hydrogen-bond donors (Lipinski definition) is 2. The van der Waals surface area contributed by atoms with E-state index in [-0.39, 0.29) is 11.4 Å². The Morgan fingerprint density at radius 1 is 1.18 bits per heavy atom. The van der Waals surface area contributed by atoms with Crippen molar-refractivity contribution >= 4 is 23.2 Å². The summed E-state index contributed by atoms with van der Waals surface area (Å²) in [6.07, 6.45) is 0. The van der Waals surface area contributed by atoms with E-state index in [1.807, 2.05) is 31.2 Å². The molecule has 0 aromatic heterocycles. The van der Waals surface area contributed by atoms with E-state index < -0.39 is 16.7 Å². The normalized spacial score (nSPS) is 10.0. The van der Waals surface area contributed by atoms with Crippen molar-refractivity contribution < 1.29 is 14.5 Å². The van der Waals surface area contributed by atoms with Crippen molar-refractivity contribution in [2.24, 2.45) is 5.73 Å². The van der Waals surface area contributed by atoms with Gasteiger partial charge in [-0.1, -0.05) is 30.3 Å². The molecule has 0 radical (unpaired) electrons. The third-order valence-corrected chi connectivity index (χ3v) is 3.12. The Hall–Kier alpha value is -3.22. The fourth-order valence-corrected chi connectivity index (χ4v) is 2.04. The van der Waals surface area contributed by atoms with Crippen LogP contribution in [0.3, 0.4) is 0 Å². The SMILES string of the molecule is Cc1ccccc1-c1ccc(NC(=O)C(N)=O)c([N+](=O)[O-])c1. The lowest BCUT2D eigenvalue weighted by Crippen LogP contribution is -2.29. The third-order valence-electron chi connectivity index (χ3n) is 3.12. The van der Waals surface area contributed by atoms with E-state index in [9.17, 15) is 19.7 Å². The van der Waals surface area contributed by atoms with Gasteiger partial charge in [0.25, 0.3) is 5.69 Å². The third kappa shape index (κ3) is 3.09. The van der Waals surface area contributed by atoms with E-state index in [2.05, 4.69) is 5.32 Å². The van der Waals surface area contributed by atoms with Crippen LogP contribution < -0.4 is 11.1 Å². The number of nitro benzene ring substituents is 1. The maximum Gasteiger partial charge on any atom is 0.313 e. The standard InChI is InChI=1S/C15H13N3O4/c1-9-4-2-3-5-11(9)10-6-7-12(13(8-10)18(21)22)17-15(20)14(16)19/h2-8H,1H3,(H2,16,19)(H,17,20). The number of rotatable bonds is 3. The topological polar surface area (TPSA) is 115 Å². The predicted octanol–water partition coefficient (Wildman–Crippen LogP) is 1.99. The summed E-state index contributed by atoms with van der Waals surface area (Å²) in [4.78, 5) is 32.6. The first-order valence-corrected chi connectivity index (χ1v) is 6.35. The van der Waals surface area contributed by atoms with Crippen molar-refractivity contribution in [3.05, 3.63) is 58.1 Å². The molecule has 0 unspecified atom stereocenters. The summed E-state index contributed by atoms with van der Waals surface area (Å²) in [5, 5.41) is 13.3. The number of carbonyl (C=O) groups is 2. The Morgan fingerprint density at radius 3 is 2.45 bits per heavy atom. The highest BCUT2D eigenvalue weighted by atomic mass is 16.6. The van der Waals surface area contributed by atoms with E-state index in [0.29, 0.717) is 5.56 Å². The summed E-state index contributed by atoms with van der Waals surface area (Å²) in [6.45, 7) is 1.89. The van der Waals surface area contributed by atoms with E-state index in [0.717, 1.165) is 11.1 Å². The number of nitrogens with two attached hydrogens (primary N) is 1. The zero-order valence-electron chi connectivity index (χ0n) is 11.7. The van der Waals surface area contributed by atoms with Crippen molar-refractivity contribution in [3.63, 3.8) is 0 Å². The zero-order valence-corrected chi connectivity index (χ0v) is 11.7. The summed E-state index contributed by atoms with van der Waals surface area (Å²) >= 11 is 0. The average molecular weight is 299 g/mol. The van der Waals surface area contributed by atoms with Crippen LogP contribution in [-0.4, -0.2) is 16.7 Å². The van der Waals surface area contributed by atoms with Crippen LogP contribution in [0.2, 0.25) is 0 Å². The second kappa shape index (κ2) is 6.04. The largest absolute Gasteiger partial charge is 0.361 e. The van der Waals surface area contributed by atoms with Crippen LogP contribution >= 0.6 is 0 Å². The minimum atomic E-state index is -1.21. The lowest BCUT2D eigenvalue weighted by Gasteiger charge is -2.08. The van der Waals surface area contributed by atoms with Gasteiger partial charge in [0, 0.05) is 6.07 Å². The molecule has 0 saturated carbocycles. The van der Waals surface area contributed by atoms with Crippen molar-refractivity contribution in [1.82, 2.24) is 0 Å². The number of aryl methyl sites for hydroxylation is 1. The molecule has 2 aromatic carbocycles. The van der Waals surface area contributed by atoms with Crippen molar-refractivity contribution in [2.45, 2.75) is 6.92 Å². The van der Waals surface area contributed by atoms with Crippen LogP contribution in [0, 0.1) is 17.0 Å². The Bertz CT molecular complexity index is 771. The maximum atomic E-state index is 11.3. The molecule has 0 bridgehead atoms. The summed E-state index contributed by atoms with van der Waals surface area (Å²) in [6, 6.07) is 11.8. The van der Waals surface area contributed by atoms with Gasteiger partial charge in [-0.25, -0.2) is 0 Å². The minimum absolute atomic E-state index is 0.0777. The molecule has 0 aliphatic rings. The molecule has 2 amide bonds. The van der Waals surface area contributed by atoms with Crippen molar-refractivity contribution in [1.29, 1.82) is 0 Å². The first kappa shape index (κ1) is 15.2. The van der Waals surface area contributed by atoms with E-state index >= 15 is 0 Å². The average Bonchev–Trinajstić information content (AvgIpc) is 2.48. The summed E-state index contributed by atoms with van der Waals surface area (Å²) in [5.74, 6) is -2.32. The predicted molar refractivity (Wildman–Crippen MR) is 81.1 cm³/mol. The smallest absolute Gasteiger partial charge is 0.313 e. The van der Waals surface area contributed by atoms with Crippen LogP contribution in [0.5, 0.6) is 0 Å². The molecule has 22 heavy (non-hydrogen) atoms. The number of benzene rings is 2. The highest BCUT2D eigenvalue weighted by Crippen LogP contribution is 2.32. The van der Waals surface area contributed by atoms with Crippen LogP contribution in [0.25, 0.3) is 11.1 Å². The lowest BCUT2D eigenvalue weighted by atomic mass is 10.00. The van der Waals surface area contributed by atoms with Gasteiger partial charge in [-0.05, 0) is 29.7 Å². The van der Waals surface area contributed by atoms with Gasteiger partial charge in [-0.2, -0.15) is 0 Å². The number of primary amides is 1. The zero-order chi connectivity index (χ0) is 16.3. The number of nitrogens with one attached hydrogen (secondary N) is 1. The number of anilines is 1. The Kier molecular flexibility index (Phi) is 4.17. The molecule has 2 rings (SSSR count). The van der Waals surface area contributed by atoms with E-state index in [4.69, 9.17) is 5.73 Å². The van der Waals surface area contributed by atoms with Crippen molar-refractivity contribution in [2.75, 3.05) is 5.32 Å². The molecule has 7 nitrogen and oxygen atoms in total. The van der Waals surface area contributed by atoms with Gasteiger partial charge in [0.1, 0.15) is 5.69 Å². The fraction of sp³-hybridized carbons (Fsp3) is 0.0667. The molecule has 0 aliphatic heterocycles. The molecular weight excluding hydrogens is 286 g/mol. The van der Waals surface area contributed by atoms with Crippen LogP contribution in [0.4, 0.5) is 11.4 Å². The number of nitro groups is 1. The molecule has 0 fully saturated rings. The Balaban J connectivity index is 2.48. The van der Waals surface area contributed by atoms with Crippen LogP contribution in [0.1, 0.15) is 5.56 Å². The highest BCUT2D eigenvalue weighted by Gasteiger charge is 2.19. The molecule has 0 atom stereocenters.